The summed E-state index contributed by atoms with van der Waals surface area (Å²) in [6.45, 7) is -0.787. The molecular weight excluding hydrogens is 480 g/mol. The third kappa shape index (κ3) is 5.39. The Hall–Kier alpha value is -1.79. The van der Waals surface area contributed by atoms with Crippen LogP contribution in [-0.4, -0.2) is 15.5 Å². The van der Waals surface area contributed by atoms with Crippen molar-refractivity contribution in [3.8, 4) is 5.75 Å². The lowest BCUT2D eigenvalue weighted by molar-refractivity contribution is -0.143. The first kappa shape index (κ1) is 22.5. The van der Waals surface area contributed by atoms with Gasteiger partial charge in [-0.25, -0.2) is 13.1 Å². The van der Waals surface area contributed by atoms with E-state index in [4.69, 9.17) is 4.74 Å². The summed E-state index contributed by atoms with van der Waals surface area (Å²) in [7, 11) is -3.07. The van der Waals surface area contributed by atoms with Gasteiger partial charge in [-0.05, 0) is 42.0 Å². The maximum Gasteiger partial charge on any atom is 0.416 e. The van der Waals surface area contributed by atoms with Crippen LogP contribution in [0.2, 0.25) is 0 Å². The highest BCUT2D eigenvalue weighted by Gasteiger charge is 2.37. The molecule has 1 N–H and O–H groups in total. The highest BCUT2D eigenvalue weighted by atomic mass is 79.9. The van der Waals surface area contributed by atoms with E-state index in [-0.39, 0.29) is 16.7 Å². The summed E-state index contributed by atoms with van der Waals surface area (Å²) < 4.78 is 110. The second-order valence-electron chi connectivity index (χ2n) is 5.53. The molecule has 0 aliphatic heterocycles. The highest BCUT2D eigenvalue weighted by molar-refractivity contribution is 9.10. The van der Waals surface area contributed by atoms with Crippen molar-refractivity contribution in [3.05, 3.63) is 57.6 Å². The number of hydrogen-bond acceptors (Lipinski definition) is 3. The third-order valence-corrected chi connectivity index (χ3v) is 5.44. The molecule has 2 aromatic rings. The molecule has 154 valence electrons. The van der Waals surface area contributed by atoms with Gasteiger partial charge in [0.15, 0.2) is 0 Å². The number of ether oxygens (including phenoxy) is 1. The van der Waals surface area contributed by atoms with Gasteiger partial charge in [0, 0.05) is 11.0 Å². The van der Waals surface area contributed by atoms with Crippen LogP contribution in [0.4, 0.5) is 26.3 Å². The maximum absolute atomic E-state index is 12.9. The number of alkyl halides is 6. The minimum atomic E-state index is -5.03. The van der Waals surface area contributed by atoms with Crippen molar-refractivity contribution in [3.63, 3.8) is 0 Å². The normalized spacial score (nSPS) is 12.9. The van der Waals surface area contributed by atoms with E-state index in [1.807, 2.05) is 4.72 Å². The molecule has 0 spiro atoms. The van der Waals surface area contributed by atoms with Crippen LogP contribution in [0, 0.1) is 0 Å². The smallest absolute Gasteiger partial charge is 0.416 e. The van der Waals surface area contributed by atoms with Gasteiger partial charge in [-0.2, -0.15) is 26.3 Å². The number of methoxy groups -OCH3 is 1. The molecule has 0 aliphatic rings. The Balaban J connectivity index is 2.40. The molecule has 0 bridgehead atoms. The average molecular weight is 492 g/mol. The highest BCUT2D eigenvalue weighted by Crippen LogP contribution is 2.36. The third-order valence-electron chi connectivity index (χ3n) is 3.53. The van der Waals surface area contributed by atoms with Gasteiger partial charge < -0.3 is 4.74 Å². The topological polar surface area (TPSA) is 55.4 Å². The molecule has 0 aromatic heterocycles. The van der Waals surface area contributed by atoms with E-state index in [1.165, 1.54) is 25.3 Å². The maximum atomic E-state index is 12.9. The Morgan fingerprint density at radius 1 is 0.964 bits per heavy atom. The van der Waals surface area contributed by atoms with Crippen LogP contribution in [0.3, 0.4) is 0 Å². The standard InChI is InChI=1S/C16H12BrF6NO3S/c1-27-13-3-2-12(17)7-14(13)28(25,26)24-8-9-4-10(15(18,19)20)6-11(5-9)16(21,22)23/h2-7,24H,8H2,1H3. The van der Waals surface area contributed by atoms with Crippen molar-refractivity contribution in [2.45, 2.75) is 23.8 Å². The van der Waals surface area contributed by atoms with Gasteiger partial charge >= 0.3 is 12.4 Å². The number of nitrogens with one attached hydrogen (secondary N) is 1. The van der Waals surface area contributed by atoms with Crippen LogP contribution < -0.4 is 9.46 Å². The molecule has 0 unspecified atom stereocenters. The van der Waals surface area contributed by atoms with Gasteiger partial charge in [0.05, 0.1) is 18.2 Å². The SMILES string of the molecule is COc1ccc(Br)cc1S(=O)(=O)NCc1cc(C(F)(F)F)cc(C(F)(F)F)c1. The lowest BCUT2D eigenvalue weighted by atomic mass is 10.0. The van der Waals surface area contributed by atoms with E-state index in [9.17, 15) is 34.8 Å². The molecule has 28 heavy (non-hydrogen) atoms. The molecule has 0 radical (unpaired) electrons. The summed E-state index contributed by atoms with van der Waals surface area (Å²) in [5.74, 6) is -0.0456. The molecule has 4 nitrogen and oxygen atoms in total. The number of hydrogen-bond donors (Lipinski definition) is 1. The average Bonchev–Trinajstić information content (AvgIpc) is 2.58. The molecule has 0 heterocycles. The number of halogens is 7. The van der Waals surface area contributed by atoms with Crippen LogP contribution in [0.5, 0.6) is 5.75 Å². The van der Waals surface area contributed by atoms with E-state index in [0.29, 0.717) is 16.6 Å². The summed E-state index contributed by atoms with van der Waals surface area (Å²) in [5.41, 5.74) is -3.56. The van der Waals surface area contributed by atoms with Crippen molar-refractivity contribution in [2.24, 2.45) is 0 Å². The fourth-order valence-electron chi connectivity index (χ4n) is 2.24. The Morgan fingerprint density at radius 2 is 1.50 bits per heavy atom. The van der Waals surface area contributed by atoms with Crippen molar-refractivity contribution in [1.82, 2.24) is 4.72 Å². The van der Waals surface area contributed by atoms with Crippen LogP contribution in [-0.2, 0) is 28.9 Å². The quantitative estimate of drug-likeness (QED) is 0.600. The van der Waals surface area contributed by atoms with E-state index < -0.39 is 45.6 Å². The van der Waals surface area contributed by atoms with E-state index in [1.54, 1.807) is 0 Å². The molecule has 0 atom stereocenters. The molecular formula is C16H12BrF6NO3S. The first-order valence-corrected chi connectivity index (χ1v) is 9.63. The Kier molecular flexibility index (Phi) is 6.36. The van der Waals surface area contributed by atoms with Crippen molar-refractivity contribution < 1.29 is 39.5 Å². The van der Waals surface area contributed by atoms with Crippen LogP contribution >= 0.6 is 15.9 Å². The zero-order chi connectivity index (χ0) is 21.3. The largest absolute Gasteiger partial charge is 0.495 e. The molecule has 0 aliphatic carbocycles. The molecule has 0 fully saturated rings. The Labute approximate surface area is 164 Å². The predicted octanol–water partition coefficient (Wildman–Crippen LogP) is 4.97. The second-order valence-corrected chi connectivity index (χ2v) is 8.18. The lowest BCUT2D eigenvalue weighted by Crippen LogP contribution is -2.24. The molecule has 12 heteroatoms. The fraction of sp³-hybridized carbons (Fsp3) is 0.250. The van der Waals surface area contributed by atoms with Crippen molar-refractivity contribution >= 4 is 26.0 Å². The molecule has 2 aromatic carbocycles. The number of sulfonamides is 1. The lowest BCUT2D eigenvalue weighted by Gasteiger charge is -2.15. The molecule has 2 rings (SSSR count). The van der Waals surface area contributed by atoms with Gasteiger partial charge in [0.25, 0.3) is 0 Å². The van der Waals surface area contributed by atoms with E-state index in [2.05, 4.69) is 15.9 Å². The van der Waals surface area contributed by atoms with Gasteiger partial charge in [-0.1, -0.05) is 15.9 Å². The zero-order valence-electron chi connectivity index (χ0n) is 13.9. The molecule has 0 saturated carbocycles. The van der Waals surface area contributed by atoms with Crippen LogP contribution in [0.1, 0.15) is 16.7 Å². The number of benzene rings is 2. The fourth-order valence-corrected chi connectivity index (χ4v) is 3.96. The molecule has 0 amide bonds. The van der Waals surface area contributed by atoms with E-state index >= 15 is 0 Å². The van der Waals surface area contributed by atoms with Crippen LogP contribution in [0.25, 0.3) is 0 Å². The zero-order valence-corrected chi connectivity index (χ0v) is 16.4. The van der Waals surface area contributed by atoms with Gasteiger partial charge in [-0.3, -0.25) is 0 Å². The van der Waals surface area contributed by atoms with Crippen molar-refractivity contribution in [1.29, 1.82) is 0 Å². The first-order valence-electron chi connectivity index (χ1n) is 7.35. The van der Waals surface area contributed by atoms with E-state index in [0.717, 1.165) is 0 Å². The Morgan fingerprint density at radius 3 is 1.96 bits per heavy atom. The van der Waals surface area contributed by atoms with Gasteiger partial charge in [-0.15, -0.1) is 0 Å². The minimum absolute atomic E-state index is 0.0324. The molecule has 0 saturated heterocycles. The van der Waals surface area contributed by atoms with Gasteiger partial charge in [0.2, 0.25) is 10.0 Å². The van der Waals surface area contributed by atoms with Crippen molar-refractivity contribution in [2.75, 3.05) is 7.11 Å². The summed E-state index contributed by atoms with van der Waals surface area (Å²) in [5, 5.41) is 0. The summed E-state index contributed by atoms with van der Waals surface area (Å²) in [6, 6.07) is 4.90. The summed E-state index contributed by atoms with van der Waals surface area (Å²) in [4.78, 5) is -0.326. The first-order chi connectivity index (χ1) is 12.7. The number of rotatable bonds is 5. The second kappa shape index (κ2) is 7.91. The summed E-state index contributed by atoms with van der Waals surface area (Å²) in [6.07, 6.45) is -10.1. The minimum Gasteiger partial charge on any atom is -0.495 e. The van der Waals surface area contributed by atoms with Gasteiger partial charge in [0.1, 0.15) is 10.6 Å². The summed E-state index contributed by atoms with van der Waals surface area (Å²) >= 11 is 3.08. The van der Waals surface area contributed by atoms with Crippen LogP contribution in [0.15, 0.2) is 45.8 Å². The monoisotopic (exact) mass is 491 g/mol. The predicted molar refractivity (Wildman–Crippen MR) is 91.2 cm³/mol. The Bertz CT molecular complexity index is 941.